The molecule has 4 rings (SSSR count). The van der Waals surface area contributed by atoms with Crippen molar-refractivity contribution in [3.8, 4) is 11.5 Å². The van der Waals surface area contributed by atoms with Crippen molar-refractivity contribution in [2.45, 2.75) is 54.6 Å². The lowest BCUT2D eigenvalue weighted by atomic mass is 9.71. The van der Waals surface area contributed by atoms with E-state index in [0.717, 1.165) is 51.6 Å². The molecule has 0 saturated heterocycles. The van der Waals surface area contributed by atoms with E-state index in [1.807, 2.05) is 109 Å². The highest BCUT2D eigenvalue weighted by Crippen LogP contribution is 2.39. The Bertz CT molecular complexity index is 1780. The Morgan fingerprint density at radius 2 is 0.964 bits per heavy atom. The van der Waals surface area contributed by atoms with E-state index >= 15 is 0 Å². The van der Waals surface area contributed by atoms with E-state index in [2.05, 4.69) is 20.8 Å². The average Bonchev–Trinajstić information content (AvgIpc) is 3.19. The molecular formula is C44H46O10S2. The number of thioether (sulfide) groups is 2. The number of hydrogen-bond acceptors (Lipinski definition) is 10. The summed E-state index contributed by atoms with van der Waals surface area (Å²) in [6.45, 7) is 6.68. The van der Waals surface area contributed by atoms with Crippen LogP contribution in [0.25, 0.3) is 0 Å². The number of carbonyl (C=O) groups is 4. The van der Waals surface area contributed by atoms with E-state index in [0.29, 0.717) is 28.9 Å². The Morgan fingerprint density at radius 1 is 0.589 bits per heavy atom. The molecule has 0 fully saturated rings. The highest BCUT2D eigenvalue weighted by Gasteiger charge is 2.30. The summed E-state index contributed by atoms with van der Waals surface area (Å²) in [5.74, 6) is -1.64. The van der Waals surface area contributed by atoms with Crippen molar-refractivity contribution >= 4 is 47.4 Å². The Balaban J connectivity index is 1.43. The second-order valence-corrected chi connectivity index (χ2v) is 15.5. The van der Waals surface area contributed by atoms with Gasteiger partial charge < -0.3 is 29.2 Å². The maximum Gasteiger partial charge on any atom is 0.331 e. The molecule has 0 saturated carbocycles. The van der Waals surface area contributed by atoms with Crippen molar-refractivity contribution in [3.63, 3.8) is 0 Å². The molecule has 0 aromatic heterocycles. The Kier molecular flexibility index (Phi) is 17.1. The highest BCUT2D eigenvalue weighted by molar-refractivity contribution is 7.99. The zero-order valence-electron chi connectivity index (χ0n) is 31.4. The van der Waals surface area contributed by atoms with Gasteiger partial charge in [-0.2, -0.15) is 0 Å². The van der Waals surface area contributed by atoms with Crippen LogP contribution in [0, 0.1) is 5.92 Å². The maximum atomic E-state index is 12.3. The number of carboxylic acids is 2. The van der Waals surface area contributed by atoms with Gasteiger partial charge in [-0.3, -0.25) is 0 Å². The minimum absolute atomic E-state index is 0.0700. The van der Waals surface area contributed by atoms with Gasteiger partial charge in [-0.1, -0.05) is 81.4 Å². The van der Waals surface area contributed by atoms with Crippen LogP contribution in [0.2, 0.25) is 0 Å². The molecule has 4 aromatic rings. The fourth-order valence-electron chi connectivity index (χ4n) is 5.77. The monoisotopic (exact) mass is 798 g/mol. The van der Waals surface area contributed by atoms with Gasteiger partial charge in [0.15, 0.2) is 0 Å². The first-order chi connectivity index (χ1) is 26.9. The molecule has 10 nitrogen and oxygen atoms in total. The number of aliphatic carboxylic acids is 2. The van der Waals surface area contributed by atoms with Gasteiger partial charge in [0.1, 0.15) is 36.9 Å². The van der Waals surface area contributed by atoms with Crippen LogP contribution in [-0.2, 0) is 34.1 Å². The van der Waals surface area contributed by atoms with E-state index in [9.17, 15) is 19.2 Å². The van der Waals surface area contributed by atoms with Crippen molar-refractivity contribution in [3.05, 3.63) is 145 Å². The van der Waals surface area contributed by atoms with E-state index < -0.39 is 36.1 Å². The van der Waals surface area contributed by atoms with E-state index in [-0.39, 0.29) is 18.6 Å². The first kappa shape index (κ1) is 43.3. The summed E-state index contributed by atoms with van der Waals surface area (Å²) in [5.41, 5.74) is 1.79. The lowest BCUT2D eigenvalue weighted by Crippen LogP contribution is -2.27. The summed E-state index contributed by atoms with van der Waals surface area (Å²) < 4.78 is 23.2. The number of rotatable bonds is 22. The normalized spacial score (nSPS) is 13.5. The van der Waals surface area contributed by atoms with Gasteiger partial charge in [-0.15, -0.1) is 23.5 Å². The predicted molar refractivity (Wildman–Crippen MR) is 217 cm³/mol. The number of benzene rings is 4. The predicted octanol–water partition coefficient (Wildman–Crippen LogP) is 8.49. The van der Waals surface area contributed by atoms with Crippen LogP contribution in [0.15, 0.2) is 143 Å². The van der Waals surface area contributed by atoms with Crippen LogP contribution in [-0.4, -0.2) is 71.0 Å². The maximum absolute atomic E-state index is 12.3. The summed E-state index contributed by atoms with van der Waals surface area (Å²) in [7, 11) is 0. The van der Waals surface area contributed by atoms with Gasteiger partial charge in [0.2, 0.25) is 0 Å². The SMILES string of the molecule is CC(C)CC(C)(c1ccc(OCC(CSc2ccccc2)OC(=O)/C=C/C(=O)O)cc1)c1ccc(OCC(CSc2ccccc2)OC(=O)/C=C/C(=O)O)cc1. The Hall–Kier alpha value is -5.46. The summed E-state index contributed by atoms with van der Waals surface area (Å²) in [4.78, 5) is 48.4. The van der Waals surface area contributed by atoms with Crippen molar-refractivity contribution in [1.82, 2.24) is 0 Å². The smallest absolute Gasteiger partial charge is 0.331 e. The quantitative estimate of drug-likeness (QED) is 0.0447. The number of esters is 2. The second kappa shape index (κ2) is 22.2. The Labute approximate surface area is 335 Å². The topological polar surface area (TPSA) is 146 Å². The minimum Gasteiger partial charge on any atom is -0.490 e. The van der Waals surface area contributed by atoms with Crippen molar-refractivity contribution in [2.75, 3.05) is 24.7 Å². The van der Waals surface area contributed by atoms with Crippen molar-refractivity contribution in [2.24, 2.45) is 5.92 Å². The van der Waals surface area contributed by atoms with Gasteiger partial charge in [-0.05, 0) is 72.0 Å². The number of ether oxygens (including phenoxy) is 4. The van der Waals surface area contributed by atoms with Crippen LogP contribution in [0.4, 0.5) is 0 Å². The lowest BCUT2D eigenvalue weighted by molar-refractivity contribution is -0.144. The summed E-state index contributed by atoms with van der Waals surface area (Å²) in [6.07, 6.45) is 2.82. The van der Waals surface area contributed by atoms with Crippen LogP contribution in [0.1, 0.15) is 38.3 Å². The van der Waals surface area contributed by atoms with Crippen LogP contribution >= 0.6 is 23.5 Å². The van der Waals surface area contributed by atoms with Crippen molar-refractivity contribution in [1.29, 1.82) is 0 Å². The van der Waals surface area contributed by atoms with Gasteiger partial charge in [0.05, 0.1) is 0 Å². The molecule has 2 unspecified atom stereocenters. The molecule has 12 heteroatoms. The number of carboxylic acid groups (broad SMARTS) is 2. The molecule has 56 heavy (non-hydrogen) atoms. The second-order valence-electron chi connectivity index (χ2n) is 13.3. The number of carbonyl (C=O) groups excluding carboxylic acids is 2. The third kappa shape index (κ3) is 15.0. The average molecular weight is 799 g/mol. The zero-order valence-corrected chi connectivity index (χ0v) is 33.1. The van der Waals surface area contributed by atoms with E-state index in [4.69, 9.17) is 29.2 Å². The largest absolute Gasteiger partial charge is 0.490 e. The molecule has 0 aliphatic rings. The molecule has 0 aliphatic carbocycles. The molecule has 2 N–H and O–H groups in total. The van der Waals surface area contributed by atoms with Gasteiger partial charge >= 0.3 is 23.9 Å². The molecule has 294 valence electrons. The molecule has 0 spiro atoms. The van der Waals surface area contributed by atoms with E-state index in [1.165, 1.54) is 23.5 Å². The molecule has 0 radical (unpaired) electrons. The Morgan fingerprint density at radius 3 is 1.30 bits per heavy atom. The minimum atomic E-state index is -1.24. The van der Waals surface area contributed by atoms with Crippen molar-refractivity contribution < 1.29 is 48.3 Å². The van der Waals surface area contributed by atoms with Crippen LogP contribution < -0.4 is 9.47 Å². The van der Waals surface area contributed by atoms with Gasteiger partial charge in [0.25, 0.3) is 0 Å². The molecule has 0 bridgehead atoms. The molecule has 0 aliphatic heterocycles. The van der Waals surface area contributed by atoms with E-state index in [1.54, 1.807) is 0 Å². The van der Waals surface area contributed by atoms with Crippen LogP contribution in [0.5, 0.6) is 11.5 Å². The molecule has 2 atom stereocenters. The third-order valence-corrected chi connectivity index (χ3v) is 10.6. The third-order valence-electron chi connectivity index (χ3n) is 8.32. The first-order valence-electron chi connectivity index (χ1n) is 17.9. The number of hydrogen-bond donors (Lipinski definition) is 2. The van der Waals surface area contributed by atoms with Crippen LogP contribution in [0.3, 0.4) is 0 Å². The summed E-state index contributed by atoms with van der Waals surface area (Å²) in [6, 6.07) is 35.0. The zero-order chi connectivity index (χ0) is 40.3. The first-order valence-corrected chi connectivity index (χ1v) is 19.9. The molecule has 0 amide bonds. The fraction of sp³-hybridized carbons (Fsp3) is 0.273. The molecule has 0 heterocycles. The molecular weight excluding hydrogens is 753 g/mol. The summed E-state index contributed by atoms with van der Waals surface area (Å²) in [5, 5.41) is 17.8. The lowest BCUT2D eigenvalue weighted by Gasteiger charge is -2.33. The standard InChI is InChI=1S/C44H46O10S2/c1-31(2)26-44(3,32-14-18-34(19-15-32)51-27-36(53-42(49)24-22-40(45)46)29-55-38-10-6-4-7-11-38)33-16-20-35(21-17-33)52-28-37(54-43(50)25-23-41(47)48)30-56-39-12-8-5-9-13-39/h4-25,31,36-37H,26-30H2,1-3H3,(H,45,46)(H,47,48)/b24-22+,25-23+. The van der Waals surface area contributed by atoms with Gasteiger partial charge in [-0.25, -0.2) is 19.2 Å². The fourth-order valence-corrected chi connectivity index (χ4v) is 7.55. The van der Waals surface area contributed by atoms with Gasteiger partial charge in [0, 0.05) is 51.0 Å². The highest BCUT2D eigenvalue weighted by atomic mass is 32.2. The molecule has 4 aromatic carbocycles. The summed E-state index contributed by atoms with van der Waals surface area (Å²) >= 11 is 3.01.